The van der Waals surface area contributed by atoms with Crippen molar-refractivity contribution >= 4 is 35.1 Å². The highest BCUT2D eigenvalue weighted by atomic mass is 16.5. The zero-order valence-electron chi connectivity index (χ0n) is 23.1. The van der Waals surface area contributed by atoms with Crippen molar-refractivity contribution in [3.05, 3.63) is 53.6 Å². The van der Waals surface area contributed by atoms with Crippen molar-refractivity contribution in [2.45, 2.75) is 40.2 Å². The summed E-state index contributed by atoms with van der Waals surface area (Å²) in [4.78, 5) is 29.2. The number of hydrogen-bond acceptors (Lipinski definition) is 9. The van der Waals surface area contributed by atoms with Crippen molar-refractivity contribution in [2.75, 3.05) is 54.6 Å². The van der Waals surface area contributed by atoms with Crippen LogP contribution in [0.1, 0.15) is 43.1 Å². The van der Waals surface area contributed by atoms with E-state index < -0.39 is 0 Å². The number of nitrogens with one attached hydrogen (secondary N) is 4. The van der Waals surface area contributed by atoms with E-state index in [2.05, 4.69) is 47.0 Å². The summed E-state index contributed by atoms with van der Waals surface area (Å²) >= 11 is 0. The molecule has 4 rings (SSSR count). The molecule has 1 aliphatic rings. The molecule has 10 heteroatoms. The van der Waals surface area contributed by atoms with E-state index in [1.807, 2.05) is 37.1 Å². The van der Waals surface area contributed by atoms with Crippen LogP contribution in [0.3, 0.4) is 0 Å². The average molecular weight is 519 g/mol. The lowest BCUT2D eigenvalue weighted by Crippen LogP contribution is -2.31. The third-order valence-corrected chi connectivity index (χ3v) is 6.17. The Kier molecular flexibility index (Phi) is 8.31. The molecule has 1 fully saturated rings. The van der Waals surface area contributed by atoms with Gasteiger partial charge in [-0.1, -0.05) is 39.0 Å². The molecule has 10 nitrogen and oxygen atoms in total. The third kappa shape index (κ3) is 7.10. The number of aryl methyl sites for hydroxylation is 1. The Bertz CT molecular complexity index is 1270. The van der Waals surface area contributed by atoms with Gasteiger partial charge in [0.05, 0.1) is 12.8 Å². The smallest absolute Gasteiger partial charge is 0.255 e. The molecule has 2 aromatic carbocycles. The highest BCUT2D eigenvalue weighted by molar-refractivity contribution is 6.05. The number of hydrogen-bond donors (Lipinski definition) is 4. The first kappa shape index (κ1) is 27.1. The minimum absolute atomic E-state index is 0.0671. The molecule has 1 aliphatic heterocycles. The average Bonchev–Trinajstić information content (AvgIpc) is 3.37. The molecule has 202 valence electrons. The predicted octanol–water partition coefficient (Wildman–Crippen LogP) is 4.44. The van der Waals surface area contributed by atoms with Crippen molar-refractivity contribution < 1.29 is 9.53 Å². The fourth-order valence-corrected chi connectivity index (χ4v) is 4.36. The predicted molar refractivity (Wildman–Crippen MR) is 153 cm³/mol. The fraction of sp³-hybridized carbons (Fsp3) is 0.429. The maximum Gasteiger partial charge on any atom is 0.255 e. The number of aromatic nitrogens is 3. The number of rotatable bonds is 9. The molecule has 1 amide bonds. The maximum absolute atomic E-state index is 13.1. The molecule has 0 radical (unpaired) electrons. The number of nitrogens with zero attached hydrogens (tertiary/aromatic N) is 4. The largest absolute Gasteiger partial charge is 0.495 e. The van der Waals surface area contributed by atoms with Gasteiger partial charge < -0.3 is 30.9 Å². The van der Waals surface area contributed by atoms with E-state index in [4.69, 9.17) is 14.7 Å². The number of methoxy groups -OCH3 is 1. The molecule has 0 aliphatic carbocycles. The molecule has 38 heavy (non-hydrogen) atoms. The van der Waals surface area contributed by atoms with Gasteiger partial charge in [-0.2, -0.15) is 15.0 Å². The zero-order valence-corrected chi connectivity index (χ0v) is 23.1. The minimum atomic E-state index is -0.241. The molecule has 0 bridgehead atoms. The van der Waals surface area contributed by atoms with Crippen LogP contribution in [0, 0.1) is 12.3 Å². The number of carbonyl (C=O) groups excluding carboxylic acids is 1. The SMILES string of the molecule is COc1ccccc1NC(=O)c1ccc(C)c(Nc2nc(N[C@@H]3CCNC3)nc(N(C)CC(C)(C)C)n2)c1. The van der Waals surface area contributed by atoms with Gasteiger partial charge >= 0.3 is 0 Å². The van der Waals surface area contributed by atoms with Gasteiger partial charge in [-0.15, -0.1) is 0 Å². The summed E-state index contributed by atoms with van der Waals surface area (Å²) in [7, 11) is 3.56. The highest BCUT2D eigenvalue weighted by Gasteiger charge is 2.20. The van der Waals surface area contributed by atoms with Crippen LogP contribution >= 0.6 is 0 Å². The Balaban J connectivity index is 1.60. The van der Waals surface area contributed by atoms with Gasteiger partial charge in [0.2, 0.25) is 17.8 Å². The van der Waals surface area contributed by atoms with E-state index >= 15 is 0 Å². The molecule has 0 spiro atoms. The summed E-state index contributed by atoms with van der Waals surface area (Å²) in [5, 5.41) is 13.1. The van der Waals surface area contributed by atoms with E-state index in [1.165, 1.54) is 0 Å². The molecule has 1 atom stereocenters. The summed E-state index contributed by atoms with van der Waals surface area (Å²) in [6.45, 7) is 11.1. The van der Waals surface area contributed by atoms with E-state index in [-0.39, 0.29) is 17.4 Å². The summed E-state index contributed by atoms with van der Waals surface area (Å²) in [6.07, 6.45) is 1.00. The molecular formula is C28H38N8O2. The zero-order chi connectivity index (χ0) is 27.3. The Morgan fingerprint density at radius 1 is 1.11 bits per heavy atom. The molecule has 2 heterocycles. The third-order valence-electron chi connectivity index (χ3n) is 6.17. The van der Waals surface area contributed by atoms with Crippen LogP contribution in [0.4, 0.5) is 29.2 Å². The number of anilines is 5. The van der Waals surface area contributed by atoms with Crippen molar-refractivity contribution in [2.24, 2.45) is 5.41 Å². The Morgan fingerprint density at radius 3 is 2.58 bits per heavy atom. The Labute approximate surface area is 224 Å². The lowest BCUT2D eigenvalue weighted by molar-refractivity contribution is 0.102. The Morgan fingerprint density at radius 2 is 1.87 bits per heavy atom. The topological polar surface area (TPSA) is 116 Å². The van der Waals surface area contributed by atoms with Crippen LogP contribution < -0.4 is 30.9 Å². The first-order chi connectivity index (χ1) is 18.1. The summed E-state index contributed by atoms with van der Waals surface area (Å²) < 4.78 is 5.36. The number of benzene rings is 2. The molecular weight excluding hydrogens is 480 g/mol. The first-order valence-corrected chi connectivity index (χ1v) is 12.9. The van der Waals surface area contributed by atoms with Gasteiger partial charge in [0.1, 0.15) is 5.75 Å². The summed E-state index contributed by atoms with van der Waals surface area (Å²) in [6, 6.07) is 13.1. The number of ether oxygens (including phenoxy) is 1. The van der Waals surface area contributed by atoms with Crippen molar-refractivity contribution in [1.29, 1.82) is 0 Å². The second-order valence-electron chi connectivity index (χ2n) is 10.8. The number of para-hydroxylation sites is 2. The minimum Gasteiger partial charge on any atom is -0.495 e. The monoisotopic (exact) mass is 518 g/mol. The van der Waals surface area contributed by atoms with Gasteiger partial charge in [-0.25, -0.2) is 0 Å². The van der Waals surface area contributed by atoms with Crippen molar-refractivity contribution in [1.82, 2.24) is 20.3 Å². The molecule has 1 saturated heterocycles. The standard InChI is InChI=1S/C28H38N8O2/c1-18-11-12-19(24(37)31-21-9-7-8-10-23(21)38-6)15-22(18)32-26-33-25(30-20-13-14-29-16-20)34-27(35-26)36(5)17-28(2,3)4/h7-12,15,20,29H,13-14,16-17H2,1-6H3,(H,31,37)(H2,30,32,33,34,35)/t20-/m1/s1. The Hall–Kier alpha value is -3.92. The van der Waals surface area contributed by atoms with Crippen LogP contribution in [0.15, 0.2) is 42.5 Å². The van der Waals surface area contributed by atoms with E-state index in [9.17, 15) is 4.79 Å². The quantitative estimate of drug-likeness (QED) is 0.326. The van der Waals surface area contributed by atoms with Gasteiger partial charge in [0.15, 0.2) is 0 Å². The van der Waals surface area contributed by atoms with Crippen molar-refractivity contribution in [3.8, 4) is 5.75 Å². The van der Waals surface area contributed by atoms with Crippen molar-refractivity contribution in [3.63, 3.8) is 0 Å². The second kappa shape index (κ2) is 11.6. The lowest BCUT2D eigenvalue weighted by atomic mass is 9.96. The van der Waals surface area contributed by atoms with E-state index in [0.717, 1.165) is 37.3 Å². The summed E-state index contributed by atoms with van der Waals surface area (Å²) in [5.41, 5.74) is 2.87. The highest BCUT2D eigenvalue weighted by Crippen LogP contribution is 2.26. The maximum atomic E-state index is 13.1. The molecule has 3 aromatic rings. The van der Waals surface area contributed by atoms with Gasteiger partial charge in [-0.05, 0) is 55.1 Å². The lowest BCUT2D eigenvalue weighted by Gasteiger charge is -2.27. The van der Waals surface area contributed by atoms with Crippen LogP contribution in [0.5, 0.6) is 5.75 Å². The fourth-order valence-electron chi connectivity index (χ4n) is 4.36. The first-order valence-electron chi connectivity index (χ1n) is 12.9. The number of amides is 1. The van der Waals surface area contributed by atoms with Crippen LogP contribution in [-0.4, -0.2) is 60.7 Å². The summed E-state index contributed by atoms with van der Waals surface area (Å²) in [5.74, 6) is 1.87. The van der Waals surface area contributed by atoms with Gasteiger partial charge in [0, 0.05) is 37.4 Å². The van der Waals surface area contributed by atoms with E-state index in [1.54, 1.807) is 31.4 Å². The molecule has 1 aromatic heterocycles. The molecule has 4 N–H and O–H groups in total. The molecule has 0 unspecified atom stereocenters. The van der Waals surface area contributed by atoms with Crippen LogP contribution in [0.2, 0.25) is 0 Å². The number of carbonyl (C=O) groups is 1. The van der Waals surface area contributed by atoms with Gasteiger partial charge in [-0.3, -0.25) is 4.79 Å². The van der Waals surface area contributed by atoms with E-state index in [0.29, 0.717) is 34.8 Å². The normalized spacial score (nSPS) is 15.2. The second-order valence-corrected chi connectivity index (χ2v) is 10.8. The van der Waals surface area contributed by atoms with Crippen LogP contribution in [-0.2, 0) is 0 Å². The van der Waals surface area contributed by atoms with Crippen LogP contribution in [0.25, 0.3) is 0 Å². The van der Waals surface area contributed by atoms with Gasteiger partial charge in [0.25, 0.3) is 5.91 Å². The molecule has 0 saturated carbocycles.